The van der Waals surface area contributed by atoms with Crippen molar-refractivity contribution in [3.63, 3.8) is 0 Å². The molecule has 0 aliphatic carbocycles. The maximum Gasteiger partial charge on any atom is 0.472 e. The third kappa shape index (κ3) is 80.2. The number of rotatable bonds is 80. The summed E-state index contributed by atoms with van der Waals surface area (Å²) in [6, 6.07) is 0. The Bertz CT molecular complexity index is 1110. The molecule has 0 saturated heterocycles. The molecule has 5 heteroatoms. The van der Waals surface area contributed by atoms with E-state index in [1.54, 1.807) is 0 Å². The number of hydrogen-bond donors (Lipinski definition) is 1. The molecule has 0 unspecified atom stereocenters. The third-order valence-electron chi connectivity index (χ3n) is 19.5. The second-order valence-electron chi connectivity index (χ2n) is 28.3. The Hall–Kier alpha value is 0.110. The SMILES string of the molecule is CCCCCCCCCCCCCCCCCCCCCCCCCCCCCCCCCCCCCCCCOP(=O)(O)OCCCCCCCCCCCCCCCCCCCCCCCCCCCCCCCCCCCCCCCC. The lowest BCUT2D eigenvalue weighted by Gasteiger charge is -2.12. The smallest absolute Gasteiger partial charge is 0.302 e. The molecule has 0 aromatic rings. The Morgan fingerprint density at radius 1 is 0.165 bits per heavy atom. The van der Waals surface area contributed by atoms with Crippen LogP contribution < -0.4 is 0 Å². The van der Waals surface area contributed by atoms with Crippen molar-refractivity contribution >= 4 is 7.82 Å². The van der Waals surface area contributed by atoms with Gasteiger partial charge in [0.2, 0.25) is 0 Å². The fraction of sp³-hybridized carbons (Fsp3) is 1.00. The lowest BCUT2D eigenvalue weighted by atomic mass is 10.0. The van der Waals surface area contributed by atoms with Crippen LogP contribution in [0.25, 0.3) is 0 Å². The summed E-state index contributed by atoms with van der Waals surface area (Å²) >= 11 is 0. The fourth-order valence-electron chi connectivity index (χ4n) is 13.5. The zero-order valence-electron chi connectivity index (χ0n) is 59.3. The number of hydrogen-bond acceptors (Lipinski definition) is 3. The van der Waals surface area contributed by atoms with Crippen LogP contribution in [0.1, 0.15) is 502 Å². The van der Waals surface area contributed by atoms with Crippen molar-refractivity contribution < 1.29 is 18.5 Å². The van der Waals surface area contributed by atoms with Gasteiger partial charge in [-0.25, -0.2) is 4.57 Å². The Morgan fingerprint density at radius 2 is 0.247 bits per heavy atom. The topological polar surface area (TPSA) is 55.8 Å². The monoisotopic (exact) mass is 1220 g/mol. The summed E-state index contributed by atoms with van der Waals surface area (Å²) in [4.78, 5) is 10.1. The molecule has 0 rings (SSSR count). The highest BCUT2D eigenvalue weighted by atomic mass is 31.2. The maximum absolute atomic E-state index is 12.3. The molecule has 0 heterocycles. The zero-order valence-corrected chi connectivity index (χ0v) is 60.2. The number of phosphoric acid groups is 1. The number of phosphoric ester groups is 1. The third-order valence-corrected chi connectivity index (χ3v) is 20.5. The molecule has 512 valence electrons. The van der Waals surface area contributed by atoms with Crippen molar-refractivity contribution in [1.29, 1.82) is 0 Å². The van der Waals surface area contributed by atoms with Crippen LogP contribution in [0.3, 0.4) is 0 Å². The predicted molar refractivity (Wildman–Crippen MR) is 384 cm³/mol. The zero-order chi connectivity index (χ0) is 61.1. The molecule has 85 heavy (non-hydrogen) atoms. The first-order valence-corrected chi connectivity index (χ1v) is 42.2. The molecular formula is C80H163O4P. The van der Waals surface area contributed by atoms with E-state index in [1.165, 1.54) is 462 Å². The first kappa shape index (κ1) is 85.1. The lowest BCUT2D eigenvalue weighted by Crippen LogP contribution is -1.99. The van der Waals surface area contributed by atoms with Crippen LogP contribution in [0.5, 0.6) is 0 Å². The minimum absolute atomic E-state index is 0.327. The molecule has 0 aliphatic heterocycles. The molecule has 4 nitrogen and oxygen atoms in total. The minimum Gasteiger partial charge on any atom is -0.302 e. The normalized spacial score (nSPS) is 12.0. The van der Waals surface area contributed by atoms with Gasteiger partial charge in [-0.1, -0.05) is 489 Å². The molecule has 0 fully saturated rings. The Labute approximate surface area is 538 Å². The van der Waals surface area contributed by atoms with Crippen molar-refractivity contribution in [1.82, 2.24) is 0 Å². The van der Waals surface area contributed by atoms with Gasteiger partial charge in [-0.15, -0.1) is 0 Å². The predicted octanol–water partition coefficient (Wildman–Crippen LogP) is 30.8. The van der Waals surface area contributed by atoms with Crippen LogP contribution in [0, 0.1) is 0 Å². The van der Waals surface area contributed by atoms with Gasteiger partial charge < -0.3 is 4.89 Å². The second kappa shape index (κ2) is 78.4. The van der Waals surface area contributed by atoms with E-state index in [4.69, 9.17) is 9.05 Å². The average Bonchev–Trinajstić information content (AvgIpc) is 3.51. The summed E-state index contributed by atoms with van der Waals surface area (Å²) in [5.41, 5.74) is 0. The molecule has 0 radical (unpaired) electrons. The fourth-order valence-corrected chi connectivity index (χ4v) is 14.3. The van der Waals surface area contributed by atoms with Crippen LogP contribution >= 0.6 is 7.82 Å². The van der Waals surface area contributed by atoms with Crippen molar-refractivity contribution in [3.05, 3.63) is 0 Å². The highest BCUT2D eigenvalue weighted by molar-refractivity contribution is 7.47. The number of unbranched alkanes of at least 4 members (excludes halogenated alkanes) is 74. The Morgan fingerprint density at radius 3 is 0.341 bits per heavy atom. The van der Waals surface area contributed by atoms with Crippen LogP contribution in [0.4, 0.5) is 0 Å². The van der Waals surface area contributed by atoms with Gasteiger partial charge in [-0.05, 0) is 12.8 Å². The van der Waals surface area contributed by atoms with Crippen molar-refractivity contribution in [2.45, 2.75) is 502 Å². The summed E-state index contributed by atoms with van der Waals surface area (Å²) in [6.45, 7) is 5.27. The summed E-state index contributed by atoms with van der Waals surface area (Å²) in [5, 5.41) is 0. The quantitative estimate of drug-likeness (QED) is 0.0487. The maximum atomic E-state index is 12.3. The molecule has 0 amide bonds. The summed E-state index contributed by atoms with van der Waals surface area (Å²) < 4.78 is 22.8. The van der Waals surface area contributed by atoms with Gasteiger partial charge >= 0.3 is 7.82 Å². The highest BCUT2D eigenvalue weighted by Gasteiger charge is 2.20. The lowest BCUT2D eigenvalue weighted by molar-refractivity contribution is 0.145. The van der Waals surface area contributed by atoms with E-state index in [0.717, 1.165) is 25.7 Å². The van der Waals surface area contributed by atoms with Crippen LogP contribution in [-0.4, -0.2) is 18.1 Å². The van der Waals surface area contributed by atoms with Gasteiger partial charge in [0.15, 0.2) is 0 Å². The molecule has 1 N–H and O–H groups in total. The molecule has 0 bridgehead atoms. The molecular weight excluding hydrogens is 1060 g/mol. The van der Waals surface area contributed by atoms with E-state index >= 15 is 0 Å². The molecule has 0 aromatic carbocycles. The average molecular weight is 1220 g/mol. The largest absolute Gasteiger partial charge is 0.472 e. The Balaban J connectivity index is 3.20. The summed E-state index contributed by atoms with van der Waals surface area (Å²) in [6.07, 6.45) is 108. The molecule has 0 saturated carbocycles. The van der Waals surface area contributed by atoms with E-state index in [1.807, 2.05) is 0 Å². The summed E-state index contributed by atoms with van der Waals surface area (Å²) in [5.74, 6) is 0. The van der Waals surface area contributed by atoms with Gasteiger partial charge in [0.05, 0.1) is 13.2 Å². The molecule has 0 atom stereocenters. The molecule has 0 spiro atoms. The molecule has 0 aromatic heterocycles. The standard InChI is InChI=1S/C80H163O4P/c1-3-5-7-9-11-13-15-17-19-21-23-25-27-29-31-33-35-37-39-41-43-45-47-49-51-53-55-57-59-61-63-65-67-69-71-73-75-77-79-83-85(81,82)84-80-78-76-74-72-70-68-66-64-62-60-58-56-54-52-50-48-46-44-42-40-38-36-34-32-30-28-26-24-22-20-18-16-14-12-10-8-6-4-2/h3-80H2,1-2H3,(H,81,82). The Kier molecular flexibility index (Phi) is 78.5. The van der Waals surface area contributed by atoms with Gasteiger partial charge in [0, 0.05) is 0 Å². The van der Waals surface area contributed by atoms with E-state index in [-0.39, 0.29) is 0 Å². The first-order chi connectivity index (χ1) is 42.1. The highest BCUT2D eigenvalue weighted by Crippen LogP contribution is 2.43. The van der Waals surface area contributed by atoms with E-state index in [9.17, 15) is 9.46 Å². The van der Waals surface area contributed by atoms with Crippen molar-refractivity contribution in [2.24, 2.45) is 0 Å². The minimum atomic E-state index is -3.91. The van der Waals surface area contributed by atoms with Gasteiger partial charge in [0.1, 0.15) is 0 Å². The van der Waals surface area contributed by atoms with Crippen LogP contribution in [0.2, 0.25) is 0 Å². The van der Waals surface area contributed by atoms with Crippen LogP contribution in [-0.2, 0) is 13.6 Å². The second-order valence-corrected chi connectivity index (χ2v) is 29.8. The van der Waals surface area contributed by atoms with Crippen molar-refractivity contribution in [2.75, 3.05) is 13.2 Å². The van der Waals surface area contributed by atoms with Gasteiger partial charge in [0.25, 0.3) is 0 Å². The van der Waals surface area contributed by atoms with E-state index in [2.05, 4.69) is 13.8 Å². The van der Waals surface area contributed by atoms with E-state index < -0.39 is 7.82 Å². The van der Waals surface area contributed by atoms with Gasteiger partial charge in [-0.2, -0.15) is 0 Å². The van der Waals surface area contributed by atoms with Crippen molar-refractivity contribution in [3.8, 4) is 0 Å². The van der Waals surface area contributed by atoms with E-state index in [0.29, 0.717) is 13.2 Å². The van der Waals surface area contributed by atoms with Gasteiger partial charge in [-0.3, -0.25) is 9.05 Å². The first-order valence-electron chi connectivity index (χ1n) is 40.7. The summed E-state index contributed by atoms with van der Waals surface area (Å²) in [7, 11) is -3.91. The molecule has 0 aliphatic rings. The van der Waals surface area contributed by atoms with Crippen LogP contribution in [0.15, 0.2) is 0 Å².